The predicted octanol–water partition coefficient (Wildman–Crippen LogP) is 3.62. The monoisotopic (exact) mass is 294 g/mol. The highest BCUT2D eigenvalue weighted by molar-refractivity contribution is 7.09. The molecule has 1 aliphatic heterocycles. The van der Waals surface area contributed by atoms with E-state index in [1.807, 2.05) is 0 Å². The molecule has 0 radical (unpaired) electrons. The van der Waals surface area contributed by atoms with E-state index in [0.717, 1.165) is 19.5 Å². The maximum atomic E-state index is 4.82. The molecule has 1 fully saturated rings. The normalized spacial score (nSPS) is 16.0. The van der Waals surface area contributed by atoms with Crippen LogP contribution in [0.15, 0.2) is 35.7 Å². The first-order chi connectivity index (χ1) is 8.92. The van der Waals surface area contributed by atoms with E-state index in [2.05, 4.69) is 41.0 Å². The summed E-state index contributed by atoms with van der Waals surface area (Å²) in [5.41, 5.74) is 2.66. The van der Waals surface area contributed by atoms with E-state index in [0.29, 0.717) is 5.92 Å². The fourth-order valence-electron chi connectivity index (χ4n) is 2.48. The number of rotatable bonds is 3. The summed E-state index contributed by atoms with van der Waals surface area (Å²) in [6, 6.07) is 10.6. The number of aromatic nitrogens is 1. The van der Waals surface area contributed by atoms with Gasteiger partial charge < -0.3 is 5.32 Å². The SMILES string of the molecule is Cl.c1ccc(Cc2nc(C3CCNCC3)cs2)cc1. The molecule has 0 amide bonds. The van der Waals surface area contributed by atoms with Crippen molar-refractivity contribution in [3.05, 3.63) is 52.0 Å². The van der Waals surface area contributed by atoms with Gasteiger partial charge in [-0.1, -0.05) is 30.3 Å². The number of nitrogens with zero attached hydrogens (tertiary/aromatic N) is 1. The Bertz CT molecular complexity index is 492. The van der Waals surface area contributed by atoms with Crippen molar-refractivity contribution >= 4 is 23.7 Å². The Balaban J connectivity index is 0.00000133. The van der Waals surface area contributed by atoms with E-state index < -0.39 is 0 Å². The van der Waals surface area contributed by atoms with Crippen LogP contribution in [0.2, 0.25) is 0 Å². The predicted molar refractivity (Wildman–Crippen MR) is 83.5 cm³/mol. The van der Waals surface area contributed by atoms with Crippen LogP contribution in [-0.2, 0) is 6.42 Å². The van der Waals surface area contributed by atoms with Crippen molar-refractivity contribution in [2.45, 2.75) is 25.2 Å². The average molecular weight is 295 g/mol. The van der Waals surface area contributed by atoms with E-state index in [4.69, 9.17) is 4.98 Å². The number of benzene rings is 1. The van der Waals surface area contributed by atoms with Crippen LogP contribution in [0.1, 0.15) is 35.0 Å². The molecule has 4 heteroatoms. The Hall–Kier alpha value is -0.900. The van der Waals surface area contributed by atoms with Crippen molar-refractivity contribution in [1.29, 1.82) is 0 Å². The largest absolute Gasteiger partial charge is 0.317 e. The fraction of sp³-hybridized carbons (Fsp3) is 0.400. The van der Waals surface area contributed by atoms with Crippen LogP contribution >= 0.6 is 23.7 Å². The van der Waals surface area contributed by atoms with Crippen LogP contribution in [0.4, 0.5) is 0 Å². The summed E-state index contributed by atoms with van der Waals surface area (Å²) >= 11 is 1.81. The minimum atomic E-state index is 0. The van der Waals surface area contributed by atoms with Crippen LogP contribution in [0.5, 0.6) is 0 Å². The molecule has 1 aromatic heterocycles. The number of thiazole rings is 1. The van der Waals surface area contributed by atoms with Crippen molar-refractivity contribution < 1.29 is 0 Å². The minimum absolute atomic E-state index is 0. The highest BCUT2D eigenvalue weighted by atomic mass is 35.5. The smallest absolute Gasteiger partial charge is 0.0972 e. The van der Waals surface area contributed by atoms with Gasteiger partial charge in [-0.05, 0) is 31.5 Å². The standard InChI is InChI=1S/C15H18N2S.ClH/c1-2-4-12(5-3-1)10-15-17-14(11-18-15)13-6-8-16-9-7-13;/h1-5,11,13,16H,6-10H2;1H. The molecule has 2 heterocycles. The van der Waals surface area contributed by atoms with Gasteiger partial charge in [-0.2, -0.15) is 0 Å². The van der Waals surface area contributed by atoms with Gasteiger partial charge in [-0.25, -0.2) is 4.98 Å². The van der Waals surface area contributed by atoms with Gasteiger partial charge in [0, 0.05) is 17.7 Å². The summed E-state index contributed by atoms with van der Waals surface area (Å²) in [5.74, 6) is 0.673. The molecule has 19 heavy (non-hydrogen) atoms. The number of halogens is 1. The number of piperidine rings is 1. The van der Waals surface area contributed by atoms with Crippen LogP contribution in [-0.4, -0.2) is 18.1 Å². The average Bonchev–Trinajstić information content (AvgIpc) is 2.89. The molecule has 0 spiro atoms. The van der Waals surface area contributed by atoms with E-state index in [-0.39, 0.29) is 12.4 Å². The Morgan fingerprint density at radius 1 is 1.16 bits per heavy atom. The van der Waals surface area contributed by atoms with Gasteiger partial charge >= 0.3 is 0 Å². The Morgan fingerprint density at radius 3 is 2.63 bits per heavy atom. The third kappa shape index (κ3) is 3.78. The molecule has 2 nitrogen and oxygen atoms in total. The molecule has 0 unspecified atom stereocenters. The third-order valence-corrected chi connectivity index (χ3v) is 4.39. The zero-order chi connectivity index (χ0) is 12.2. The lowest BCUT2D eigenvalue weighted by Crippen LogP contribution is -2.26. The zero-order valence-corrected chi connectivity index (χ0v) is 12.5. The highest BCUT2D eigenvalue weighted by Gasteiger charge is 2.17. The molecular weight excluding hydrogens is 276 g/mol. The van der Waals surface area contributed by atoms with Crippen molar-refractivity contribution in [1.82, 2.24) is 10.3 Å². The Morgan fingerprint density at radius 2 is 1.89 bits per heavy atom. The lowest BCUT2D eigenvalue weighted by molar-refractivity contribution is 0.454. The van der Waals surface area contributed by atoms with Crippen LogP contribution < -0.4 is 5.32 Å². The van der Waals surface area contributed by atoms with Gasteiger partial charge in [0.05, 0.1) is 10.7 Å². The Labute approximate surface area is 124 Å². The molecule has 0 atom stereocenters. The third-order valence-electron chi connectivity index (χ3n) is 3.53. The topological polar surface area (TPSA) is 24.9 Å². The summed E-state index contributed by atoms with van der Waals surface area (Å²) in [7, 11) is 0. The molecular formula is C15H19ClN2S. The molecule has 1 aromatic carbocycles. The summed E-state index contributed by atoms with van der Waals surface area (Å²) in [6.45, 7) is 2.27. The Kier molecular flexibility index (Phi) is 5.37. The van der Waals surface area contributed by atoms with Crippen molar-refractivity contribution in [2.75, 3.05) is 13.1 Å². The summed E-state index contributed by atoms with van der Waals surface area (Å²) < 4.78 is 0. The quantitative estimate of drug-likeness (QED) is 0.935. The second kappa shape index (κ2) is 7.04. The van der Waals surface area contributed by atoms with E-state index in [1.54, 1.807) is 11.3 Å². The minimum Gasteiger partial charge on any atom is -0.317 e. The van der Waals surface area contributed by atoms with Crippen LogP contribution in [0.3, 0.4) is 0 Å². The number of hydrogen-bond donors (Lipinski definition) is 1. The number of nitrogens with one attached hydrogen (secondary N) is 1. The molecule has 1 aliphatic rings. The summed E-state index contributed by atoms with van der Waals surface area (Å²) in [4.78, 5) is 4.82. The molecule has 1 saturated heterocycles. The number of hydrogen-bond acceptors (Lipinski definition) is 3. The molecule has 0 aliphatic carbocycles. The van der Waals surface area contributed by atoms with Gasteiger partial charge in [0.15, 0.2) is 0 Å². The van der Waals surface area contributed by atoms with E-state index in [9.17, 15) is 0 Å². The van der Waals surface area contributed by atoms with Gasteiger partial charge in [0.2, 0.25) is 0 Å². The first-order valence-corrected chi connectivity index (χ1v) is 7.49. The zero-order valence-electron chi connectivity index (χ0n) is 10.8. The first kappa shape index (κ1) is 14.5. The maximum absolute atomic E-state index is 4.82. The van der Waals surface area contributed by atoms with Gasteiger partial charge in [-0.3, -0.25) is 0 Å². The van der Waals surface area contributed by atoms with E-state index >= 15 is 0 Å². The van der Waals surface area contributed by atoms with Crippen molar-refractivity contribution in [2.24, 2.45) is 0 Å². The van der Waals surface area contributed by atoms with E-state index in [1.165, 1.54) is 29.1 Å². The molecule has 2 aromatic rings. The molecule has 102 valence electrons. The van der Waals surface area contributed by atoms with Gasteiger partial charge in [0.1, 0.15) is 0 Å². The van der Waals surface area contributed by atoms with Crippen LogP contribution in [0.25, 0.3) is 0 Å². The molecule has 3 rings (SSSR count). The second-order valence-electron chi connectivity index (χ2n) is 4.85. The highest BCUT2D eigenvalue weighted by Crippen LogP contribution is 2.27. The molecule has 0 bridgehead atoms. The maximum Gasteiger partial charge on any atom is 0.0972 e. The van der Waals surface area contributed by atoms with Gasteiger partial charge in [0.25, 0.3) is 0 Å². The lowest BCUT2D eigenvalue weighted by atomic mass is 9.95. The molecule has 0 saturated carbocycles. The molecule has 1 N–H and O–H groups in total. The first-order valence-electron chi connectivity index (χ1n) is 6.61. The van der Waals surface area contributed by atoms with Gasteiger partial charge in [-0.15, -0.1) is 23.7 Å². The second-order valence-corrected chi connectivity index (χ2v) is 5.80. The fourth-order valence-corrected chi connectivity index (χ4v) is 3.39. The summed E-state index contributed by atoms with van der Waals surface area (Å²) in [5, 5.41) is 6.91. The van der Waals surface area contributed by atoms with Crippen LogP contribution in [0, 0.1) is 0 Å². The lowest BCUT2D eigenvalue weighted by Gasteiger charge is -2.20. The van der Waals surface area contributed by atoms with Crippen molar-refractivity contribution in [3.8, 4) is 0 Å². The van der Waals surface area contributed by atoms with Crippen molar-refractivity contribution in [3.63, 3.8) is 0 Å². The summed E-state index contributed by atoms with van der Waals surface area (Å²) in [6.07, 6.45) is 3.43.